The van der Waals surface area contributed by atoms with Crippen molar-refractivity contribution in [1.82, 2.24) is 5.32 Å². The first kappa shape index (κ1) is 13.1. The van der Waals surface area contributed by atoms with Crippen molar-refractivity contribution in [2.75, 3.05) is 13.1 Å². The maximum Gasteiger partial charge on any atom is 0.127 e. The molecule has 1 unspecified atom stereocenters. The van der Waals surface area contributed by atoms with E-state index in [1.54, 1.807) is 12.1 Å². The Bertz CT molecular complexity index is 468. The second-order valence-corrected chi connectivity index (χ2v) is 6.61. The monoisotopic (exact) mass is 263 g/mol. The number of ether oxygens (including phenoxy) is 1. The van der Waals surface area contributed by atoms with Crippen molar-refractivity contribution in [1.29, 1.82) is 0 Å². The summed E-state index contributed by atoms with van der Waals surface area (Å²) in [6, 6.07) is 7.18. The third-order valence-electron chi connectivity index (χ3n) is 4.54. The van der Waals surface area contributed by atoms with Crippen LogP contribution in [0.2, 0.25) is 0 Å². The van der Waals surface area contributed by atoms with Crippen LogP contribution in [-0.4, -0.2) is 24.8 Å². The van der Waals surface area contributed by atoms with Crippen LogP contribution in [-0.2, 0) is 10.2 Å². The Morgan fingerprint density at radius 1 is 1.32 bits per heavy atom. The first-order chi connectivity index (χ1) is 9.01. The number of benzene rings is 1. The number of hydrogen-bond donors (Lipinski definition) is 1. The molecule has 0 aromatic heterocycles. The minimum absolute atomic E-state index is 0.0156. The molecule has 1 atom stereocenters. The number of hydrogen-bond acceptors (Lipinski definition) is 2. The molecule has 2 saturated heterocycles. The van der Waals surface area contributed by atoms with Gasteiger partial charge < -0.3 is 10.1 Å². The fourth-order valence-electron chi connectivity index (χ4n) is 3.42. The minimum Gasteiger partial charge on any atom is -0.372 e. The summed E-state index contributed by atoms with van der Waals surface area (Å²) in [6.07, 6.45) is 3.36. The molecule has 0 bridgehead atoms. The van der Waals surface area contributed by atoms with Crippen LogP contribution in [0.4, 0.5) is 4.39 Å². The Balaban J connectivity index is 1.79. The summed E-state index contributed by atoms with van der Waals surface area (Å²) in [5.74, 6) is -0.0822. The van der Waals surface area contributed by atoms with Gasteiger partial charge in [0.05, 0.1) is 11.7 Å². The topological polar surface area (TPSA) is 21.3 Å². The highest BCUT2D eigenvalue weighted by atomic mass is 19.1. The van der Waals surface area contributed by atoms with Gasteiger partial charge in [-0.15, -0.1) is 0 Å². The second kappa shape index (κ2) is 4.57. The average Bonchev–Trinajstić information content (AvgIpc) is 2.64. The predicted molar refractivity (Wildman–Crippen MR) is 73.8 cm³/mol. The van der Waals surface area contributed by atoms with E-state index in [0.29, 0.717) is 0 Å². The fraction of sp³-hybridized carbons (Fsp3) is 0.625. The van der Waals surface area contributed by atoms with Crippen LogP contribution in [0.1, 0.15) is 38.7 Å². The molecule has 0 saturated carbocycles. The van der Waals surface area contributed by atoms with Gasteiger partial charge in [-0.3, -0.25) is 0 Å². The maximum absolute atomic E-state index is 14.1. The van der Waals surface area contributed by atoms with Gasteiger partial charge in [0.25, 0.3) is 0 Å². The lowest BCUT2D eigenvalue weighted by molar-refractivity contribution is -0.0321. The largest absolute Gasteiger partial charge is 0.372 e. The Hall–Kier alpha value is -0.930. The van der Waals surface area contributed by atoms with Crippen molar-refractivity contribution >= 4 is 0 Å². The van der Waals surface area contributed by atoms with E-state index in [0.717, 1.165) is 37.9 Å². The van der Waals surface area contributed by atoms with E-state index in [-0.39, 0.29) is 22.9 Å². The lowest BCUT2D eigenvalue weighted by Gasteiger charge is -2.45. The van der Waals surface area contributed by atoms with Gasteiger partial charge in [0.15, 0.2) is 0 Å². The van der Waals surface area contributed by atoms with Gasteiger partial charge in [-0.1, -0.05) is 18.2 Å². The van der Waals surface area contributed by atoms with Crippen LogP contribution < -0.4 is 5.32 Å². The molecule has 0 amide bonds. The van der Waals surface area contributed by atoms with E-state index in [9.17, 15) is 4.39 Å². The number of nitrogens with one attached hydrogen (secondary N) is 1. The van der Waals surface area contributed by atoms with Crippen LogP contribution >= 0.6 is 0 Å². The molecule has 2 aliphatic rings. The molecule has 3 heteroatoms. The van der Waals surface area contributed by atoms with Gasteiger partial charge in [0, 0.05) is 18.5 Å². The van der Waals surface area contributed by atoms with E-state index >= 15 is 0 Å². The average molecular weight is 263 g/mol. The van der Waals surface area contributed by atoms with E-state index in [4.69, 9.17) is 4.74 Å². The van der Waals surface area contributed by atoms with Crippen molar-refractivity contribution in [3.8, 4) is 0 Å². The number of halogens is 1. The third kappa shape index (κ3) is 2.41. The van der Waals surface area contributed by atoms with E-state index in [1.807, 2.05) is 12.1 Å². The highest BCUT2D eigenvalue weighted by Crippen LogP contribution is 2.40. The molecule has 0 spiro atoms. The quantitative estimate of drug-likeness (QED) is 0.905. The molecule has 1 aromatic carbocycles. The zero-order valence-electron chi connectivity index (χ0n) is 11.7. The van der Waals surface area contributed by atoms with E-state index < -0.39 is 0 Å². The van der Waals surface area contributed by atoms with Gasteiger partial charge in [0.2, 0.25) is 0 Å². The molecule has 1 N–H and O–H groups in total. The molecule has 1 aromatic rings. The molecular weight excluding hydrogens is 241 g/mol. The molecule has 104 valence electrons. The molecule has 0 radical (unpaired) electrons. The molecule has 2 heterocycles. The fourth-order valence-corrected chi connectivity index (χ4v) is 3.42. The second-order valence-electron chi connectivity index (χ2n) is 6.61. The maximum atomic E-state index is 14.1. The third-order valence-corrected chi connectivity index (χ3v) is 4.54. The molecule has 19 heavy (non-hydrogen) atoms. The van der Waals surface area contributed by atoms with Gasteiger partial charge in [-0.25, -0.2) is 4.39 Å². The predicted octanol–water partition coefficient (Wildman–Crippen LogP) is 3.01. The molecule has 2 aliphatic heterocycles. The minimum atomic E-state index is -0.0822. The molecule has 2 nitrogen and oxygen atoms in total. The Labute approximate surface area is 114 Å². The van der Waals surface area contributed by atoms with Crippen molar-refractivity contribution in [2.24, 2.45) is 0 Å². The molecule has 0 aliphatic carbocycles. The van der Waals surface area contributed by atoms with Crippen molar-refractivity contribution < 1.29 is 9.13 Å². The van der Waals surface area contributed by atoms with E-state index in [2.05, 4.69) is 19.2 Å². The summed E-state index contributed by atoms with van der Waals surface area (Å²) in [6.45, 7) is 5.99. The summed E-state index contributed by atoms with van der Waals surface area (Å²) < 4.78 is 20.2. The summed E-state index contributed by atoms with van der Waals surface area (Å²) in [4.78, 5) is 0. The summed E-state index contributed by atoms with van der Waals surface area (Å²) in [5.41, 5.74) is 0.761. The first-order valence-electron chi connectivity index (χ1n) is 7.14. The zero-order valence-corrected chi connectivity index (χ0v) is 11.7. The first-order valence-corrected chi connectivity index (χ1v) is 7.14. The summed E-state index contributed by atoms with van der Waals surface area (Å²) in [7, 11) is 0. The highest BCUT2D eigenvalue weighted by Gasteiger charge is 2.45. The van der Waals surface area contributed by atoms with E-state index in [1.165, 1.54) is 0 Å². The standard InChI is InChI=1S/C16H22FNO/c1-15(2)8-7-12(19-15)9-16(10-18-11-16)13-5-3-4-6-14(13)17/h3-6,12,18H,7-11H2,1-2H3. The summed E-state index contributed by atoms with van der Waals surface area (Å²) in [5, 5.41) is 3.30. The van der Waals surface area contributed by atoms with Crippen molar-refractivity contribution in [3.05, 3.63) is 35.6 Å². The smallest absolute Gasteiger partial charge is 0.127 e. The van der Waals surface area contributed by atoms with Crippen LogP contribution in [0.3, 0.4) is 0 Å². The van der Waals surface area contributed by atoms with Crippen molar-refractivity contribution in [2.45, 2.75) is 50.2 Å². The van der Waals surface area contributed by atoms with Gasteiger partial charge in [-0.05, 0) is 44.7 Å². The normalized spacial score (nSPS) is 28.1. The highest BCUT2D eigenvalue weighted by molar-refractivity contribution is 5.31. The van der Waals surface area contributed by atoms with Crippen molar-refractivity contribution in [3.63, 3.8) is 0 Å². The van der Waals surface area contributed by atoms with Crippen LogP contribution in [0.15, 0.2) is 24.3 Å². The molecule has 3 rings (SSSR count). The molecule has 2 fully saturated rings. The van der Waals surface area contributed by atoms with Gasteiger partial charge >= 0.3 is 0 Å². The lowest BCUT2D eigenvalue weighted by Crippen LogP contribution is -2.58. The zero-order chi connectivity index (χ0) is 13.5. The van der Waals surface area contributed by atoms with Crippen LogP contribution in [0.25, 0.3) is 0 Å². The Morgan fingerprint density at radius 2 is 2.05 bits per heavy atom. The van der Waals surface area contributed by atoms with Crippen LogP contribution in [0, 0.1) is 5.82 Å². The van der Waals surface area contributed by atoms with Gasteiger partial charge in [0.1, 0.15) is 5.82 Å². The van der Waals surface area contributed by atoms with Crippen LogP contribution in [0.5, 0.6) is 0 Å². The molecular formula is C16H22FNO. The Morgan fingerprint density at radius 3 is 2.58 bits per heavy atom. The summed E-state index contributed by atoms with van der Waals surface area (Å²) >= 11 is 0. The Kier molecular flexibility index (Phi) is 3.14. The number of rotatable bonds is 3. The SMILES string of the molecule is CC1(C)CCC(CC2(c3ccccc3F)CNC2)O1. The van der Waals surface area contributed by atoms with Gasteiger partial charge in [-0.2, -0.15) is 0 Å². The lowest BCUT2D eigenvalue weighted by atomic mass is 9.71.